The molecule has 0 saturated carbocycles. The average molecular weight is 475 g/mol. The number of hydrogen-bond donors (Lipinski definition) is 1. The van der Waals surface area contributed by atoms with Crippen LogP contribution in [-0.4, -0.2) is 19.1 Å². The van der Waals surface area contributed by atoms with Crippen LogP contribution in [0.5, 0.6) is 0 Å². The molecule has 0 spiro atoms. The van der Waals surface area contributed by atoms with Crippen LogP contribution in [0.3, 0.4) is 0 Å². The number of hydrogen-bond acceptors (Lipinski definition) is 2. The van der Waals surface area contributed by atoms with Crippen molar-refractivity contribution in [1.29, 1.82) is 0 Å². The van der Waals surface area contributed by atoms with Crippen molar-refractivity contribution in [2.45, 2.75) is 11.8 Å². The van der Waals surface area contributed by atoms with Gasteiger partial charge in [-0.25, -0.2) is 0 Å². The maximum atomic E-state index is 10.5. The summed E-state index contributed by atoms with van der Waals surface area (Å²) in [5.74, 6) is 0. The molecule has 0 aliphatic heterocycles. The van der Waals surface area contributed by atoms with E-state index in [9.17, 15) is 8.42 Å². The Hall–Kier alpha value is -3.04. The summed E-state index contributed by atoms with van der Waals surface area (Å²) in [6.45, 7) is 1.84. The first kappa shape index (κ1) is 24.6. The van der Waals surface area contributed by atoms with Crippen molar-refractivity contribution in [2.24, 2.45) is 0 Å². The van der Waals surface area contributed by atoms with Gasteiger partial charge >= 0.3 is 0 Å². The second-order valence-corrected chi connectivity index (χ2v) is 11.1. The fourth-order valence-corrected chi connectivity index (χ4v) is 5.72. The van der Waals surface area contributed by atoms with Gasteiger partial charge in [0.25, 0.3) is 10.1 Å². The second kappa shape index (κ2) is 12.3. The minimum atomic E-state index is -4.02. The molecule has 0 saturated heterocycles. The predicted molar refractivity (Wildman–Crippen MR) is 140 cm³/mol. The molecule has 33 heavy (non-hydrogen) atoms. The van der Waals surface area contributed by atoms with E-state index in [1.54, 1.807) is 12.1 Å². The maximum Gasteiger partial charge on any atom is 0.294 e. The Balaban J connectivity index is 0.000000235. The smallest absolute Gasteiger partial charge is 0.282 e. The molecular formula is C28H27O3PS. The highest BCUT2D eigenvalue weighted by atomic mass is 32.2. The highest BCUT2D eigenvalue weighted by molar-refractivity contribution is 7.85. The van der Waals surface area contributed by atoms with Crippen molar-refractivity contribution in [3.63, 3.8) is 0 Å². The Morgan fingerprint density at radius 1 is 0.697 bits per heavy atom. The molecular weight excluding hydrogens is 447 g/mol. The number of benzene rings is 4. The van der Waals surface area contributed by atoms with Gasteiger partial charge in [-0.1, -0.05) is 121 Å². The molecule has 0 heterocycles. The standard InChI is InChI=1S/C21H19P.C7H8O3S/c1-4-11-19(12-5-1)13-10-18-22(20-14-6-2-7-15-20)21-16-8-3-9-17-21;1-6-2-4-7(5-3-6)11(8,9)10/h1-17H,18H2;2-5H,1H3,(H,8,9,10). The largest absolute Gasteiger partial charge is 0.294 e. The van der Waals surface area contributed by atoms with Crippen molar-refractivity contribution in [2.75, 3.05) is 6.16 Å². The van der Waals surface area contributed by atoms with Gasteiger partial charge in [0, 0.05) is 0 Å². The van der Waals surface area contributed by atoms with Gasteiger partial charge < -0.3 is 0 Å². The zero-order chi connectivity index (χ0) is 23.5. The summed E-state index contributed by atoms with van der Waals surface area (Å²) >= 11 is 0. The highest BCUT2D eigenvalue weighted by Crippen LogP contribution is 2.33. The molecule has 0 amide bonds. The summed E-state index contributed by atoms with van der Waals surface area (Å²) in [6.07, 6.45) is 5.60. The molecule has 0 radical (unpaired) electrons. The van der Waals surface area contributed by atoms with Crippen molar-refractivity contribution < 1.29 is 13.0 Å². The normalized spacial score (nSPS) is 11.2. The van der Waals surface area contributed by atoms with E-state index < -0.39 is 10.1 Å². The monoisotopic (exact) mass is 474 g/mol. The Bertz CT molecular complexity index is 1200. The van der Waals surface area contributed by atoms with Gasteiger partial charge in [0.1, 0.15) is 0 Å². The first-order valence-corrected chi connectivity index (χ1v) is 13.5. The highest BCUT2D eigenvalue weighted by Gasteiger charge is 2.11. The minimum absolute atomic E-state index is 0.0666. The van der Waals surface area contributed by atoms with E-state index in [0.29, 0.717) is 0 Å². The topological polar surface area (TPSA) is 54.4 Å². The van der Waals surface area contributed by atoms with Gasteiger partial charge in [-0.3, -0.25) is 4.55 Å². The lowest BCUT2D eigenvalue weighted by Gasteiger charge is -2.16. The lowest BCUT2D eigenvalue weighted by Crippen LogP contribution is -2.12. The predicted octanol–water partition coefficient (Wildman–Crippen LogP) is 6.07. The maximum absolute atomic E-state index is 10.5. The Morgan fingerprint density at radius 3 is 1.61 bits per heavy atom. The molecule has 0 unspecified atom stereocenters. The van der Waals surface area contributed by atoms with Crippen molar-refractivity contribution in [3.8, 4) is 0 Å². The Morgan fingerprint density at radius 2 is 1.15 bits per heavy atom. The first-order valence-electron chi connectivity index (χ1n) is 10.6. The third kappa shape index (κ3) is 8.11. The van der Waals surface area contributed by atoms with Crippen LogP contribution >= 0.6 is 7.92 Å². The van der Waals surface area contributed by atoms with E-state index in [-0.39, 0.29) is 12.8 Å². The van der Waals surface area contributed by atoms with Crippen LogP contribution in [-0.2, 0) is 10.1 Å². The lowest BCUT2D eigenvalue weighted by molar-refractivity contribution is 0.483. The summed E-state index contributed by atoms with van der Waals surface area (Å²) in [5.41, 5.74) is 2.22. The van der Waals surface area contributed by atoms with Crippen LogP contribution in [0.15, 0.2) is 126 Å². The summed E-state index contributed by atoms with van der Waals surface area (Å²) in [4.78, 5) is -0.0666. The quantitative estimate of drug-likeness (QED) is 0.272. The molecule has 0 fully saturated rings. The van der Waals surface area contributed by atoms with Crippen LogP contribution in [0, 0.1) is 6.92 Å². The summed E-state index contributed by atoms with van der Waals surface area (Å²) in [5, 5.41) is 2.86. The Kier molecular flexibility index (Phi) is 9.14. The third-order valence-corrected chi connectivity index (χ3v) is 8.14. The molecule has 1 N–H and O–H groups in total. The second-order valence-electron chi connectivity index (χ2n) is 7.38. The van der Waals surface area contributed by atoms with Crippen molar-refractivity contribution in [3.05, 3.63) is 132 Å². The van der Waals surface area contributed by atoms with Gasteiger partial charge in [-0.05, 0) is 49.3 Å². The van der Waals surface area contributed by atoms with Gasteiger partial charge in [-0.15, -0.1) is 0 Å². The zero-order valence-corrected chi connectivity index (χ0v) is 20.2. The molecule has 3 nitrogen and oxygen atoms in total. The van der Waals surface area contributed by atoms with Crippen molar-refractivity contribution in [1.82, 2.24) is 0 Å². The van der Waals surface area contributed by atoms with Gasteiger partial charge in [0.2, 0.25) is 0 Å². The van der Waals surface area contributed by atoms with Crippen LogP contribution in [0.2, 0.25) is 0 Å². The SMILES string of the molecule is C(=Cc1ccccc1)CP(c1ccccc1)c1ccccc1.Cc1ccc(S(=O)(=O)O)cc1. The van der Waals surface area contributed by atoms with E-state index >= 15 is 0 Å². The molecule has 168 valence electrons. The van der Waals surface area contributed by atoms with Gasteiger partial charge in [-0.2, -0.15) is 8.42 Å². The van der Waals surface area contributed by atoms with Crippen LogP contribution in [0.25, 0.3) is 6.08 Å². The average Bonchev–Trinajstić information content (AvgIpc) is 2.84. The van der Waals surface area contributed by atoms with Crippen LogP contribution in [0.4, 0.5) is 0 Å². The van der Waals surface area contributed by atoms with E-state index in [1.807, 2.05) is 6.92 Å². The molecule has 0 aliphatic rings. The third-order valence-electron chi connectivity index (χ3n) is 4.85. The first-order chi connectivity index (χ1) is 15.9. The molecule has 5 heteroatoms. The van der Waals surface area contributed by atoms with Crippen LogP contribution < -0.4 is 10.6 Å². The molecule has 0 aromatic heterocycles. The summed E-state index contributed by atoms with van der Waals surface area (Å²) in [6, 6.07) is 38.2. The molecule has 4 aromatic carbocycles. The molecule has 4 rings (SSSR count). The number of aryl methyl sites for hydroxylation is 1. The summed E-state index contributed by atoms with van der Waals surface area (Å²) < 4.78 is 29.6. The van der Waals surface area contributed by atoms with Crippen molar-refractivity contribution >= 4 is 34.7 Å². The molecule has 0 bridgehead atoms. The molecule has 0 aliphatic carbocycles. The summed E-state index contributed by atoms with van der Waals surface area (Å²) in [7, 11) is -4.35. The van der Waals surface area contributed by atoms with E-state index in [1.165, 1.54) is 28.3 Å². The van der Waals surface area contributed by atoms with Crippen LogP contribution in [0.1, 0.15) is 11.1 Å². The fraction of sp³-hybridized carbons (Fsp3) is 0.0714. The fourth-order valence-electron chi connectivity index (χ4n) is 3.14. The zero-order valence-electron chi connectivity index (χ0n) is 18.5. The van der Waals surface area contributed by atoms with Gasteiger partial charge in [0.15, 0.2) is 0 Å². The van der Waals surface area contributed by atoms with E-state index in [2.05, 4.69) is 103 Å². The molecule has 4 aromatic rings. The molecule has 0 atom stereocenters. The number of allylic oxidation sites excluding steroid dienone is 1. The lowest BCUT2D eigenvalue weighted by atomic mass is 10.2. The minimum Gasteiger partial charge on any atom is -0.282 e. The van der Waals surface area contributed by atoms with E-state index in [0.717, 1.165) is 11.7 Å². The van der Waals surface area contributed by atoms with E-state index in [4.69, 9.17) is 4.55 Å². The van der Waals surface area contributed by atoms with Gasteiger partial charge in [0.05, 0.1) is 4.90 Å². The number of rotatable bonds is 6. The Labute approximate surface area is 198 Å².